The molecule has 1 aliphatic heterocycles. The molecule has 0 saturated carbocycles. The average Bonchev–Trinajstić information content (AvgIpc) is 3.64. The average molecular weight is 775 g/mol. The van der Waals surface area contributed by atoms with E-state index in [-0.39, 0.29) is 34.2 Å². The second-order valence-electron chi connectivity index (χ2n) is 10.4. The number of anilines is 2. The van der Waals surface area contributed by atoms with E-state index in [0.29, 0.717) is 0 Å². The zero-order valence-electron chi connectivity index (χ0n) is 25.2. The molecule has 4 aromatic heterocycles. The third kappa shape index (κ3) is 8.34. The van der Waals surface area contributed by atoms with Gasteiger partial charge in [0, 0.05) is 0 Å². The first kappa shape index (κ1) is 37.8. The highest BCUT2D eigenvalue weighted by Crippen LogP contribution is 2.67. The fourth-order valence-corrected chi connectivity index (χ4v) is 8.18. The minimum Gasteiger partial charge on any atom is -0.394 e. The first-order chi connectivity index (χ1) is 23.3. The Kier molecular flexibility index (Phi) is 10.8. The van der Waals surface area contributed by atoms with Crippen LogP contribution in [0.15, 0.2) is 22.2 Å². The van der Waals surface area contributed by atoms with E-state index in [1.165, 1.54) is 22.5 Å². The van der Waals surface area contributed by atoms with Gasteiger partial charge in [0.25, 0.3) is 17.1 Å². The third-order valence-electron chi connectivity index (χ3n) is 6.79. The molecule has 0 spiro atoms. The van der Waals surface area contributed by atoms with Crippen molar-refractivity contribution < 1.29 is 75.4 Å². The Bertz CT molecular complexity index is 2150. The number of aliphatic hydroxyl groups excluding tert-OH is 3. The monoisotopic (exact) mass is 775 g/mol. The number of phosphoric acid groups is 3. The van der Waals surface area contributed by atoms with Crippen LogP contribution in [0.1, 0.15) is 6.23 Å². The van der Waals surface area contributed by atoms with Crippen molar-refractivity contribution >= 4 is 57.7 Å². The molecule has 12 N–H and O–H groups in total. The number of ether oxygens (including phenoxy) is 2. The van der Waals surface area contributed by atoms with E-state index in [1.807, 2.05) is 0 Å². The number of aromatic amines is 2. The fraction of sp³-hybridized carbons (Fsp3) is 0.500. The van der Waals surface area contributed by atoms with Gasteiger partial charge < -0.3 is 50.9 Å². The summed E-state index contributed by atoms with van der Waals surface area (Å²) in [5.41, 5.74) is 9.72. The molecule has 8 atom stereocenters. The standard InChI is InChI=1S/C20H29N10O17P3/c1-28-6-29(15-11(28)17(35)27-20(22)25-15)7-42-8(2-31)3-43-48(36,37)46-50(40,41)47-49(38,39)44-4-9-12(32)13(33)18(45-9)30-5-23-10-14(30)24-19(21)26-16(10)34/h5-6,8-9,12-13,18,31-33H,2-4,7H2,1H3,(H8-,21,22,24,25,26,27,34,35,36,37,38,39,40,41)/p+1. The van der Waals surface area contributed by atoms with Gasteiger partial charge in [0.15, 0.2) is 30.4 Å². The quantitative estimate of drug-likeness (QED) is 0.0408. The molecule has 1 fully saturated rings. The second-order valence-corrected chi connectivity index (χ2v) is 15.0. The molecule has 0 aliphatic carbocycles. The van der Waals surface area contributed by atoms with E-state index in [0.717, 1.165) is 10.9 Å². The Balaban J connectivity index is 1.14. The van der Waals surface area contributed by atoms with Gasteiger partial charge in [-0.05, 0) is 0 Å². The number of aromatic nitrogens is 8. The van der Waals surface area contributed by atoms with E-state index >= 15 is 0 Å². The van der Waals surface area contributed by atoms with E-state index in [4.69, 9.17) is 20.9 Å². The summed E-state index contributed by atoms with van der Waals surface area (Å²) in [6.07, 6.45) is -5.56. The van der Waals surface area contributed by atoms with Gasteiger partial charge in [-0.3, -0.25) is 37.7 Å². The third-order valence-corrected chi connectivity index (χ3v) is 11.0. The van der Waals surface area contributed by atoms with E-state index in [1.54, 1.807) is 0 Å². The summed E-state index contributed by atoms with van der Waals surface area (Å²) in [5.74, 6) is -0.498. The van der Waals surface area contributed by atoms with Gasteiger partial charge in [-0.1, -0.05) is 4.98 Å². The van der Waals surface area contributed by atoms with Gasteiger partial charge in [0.1, 0.15) is 24.4 Å². The molecule has 0 amide bonds. The second kappa shape index (κ2) is 14.3. The molecule has 1 saturated heterocycles. The number of nitrogen functional groups attached to an aromatic ring is 2. The number of rotatable bonds is 15. The lowest BCUT2D eigenvalue weighted by atomic mass is 10.1. The largest absolute Gasteiger partial charge is 0.490 e. The van der Waals surface area contributed by atoms with Crippen molar-refractivity contribution in [1.82, 2.24) is 34.1 Å². The number of hydrogen-bond donors (Lipinski definition) is 10. The van der Waals surface area contributed by atoms with E-state index in [2.05, 4.69) is 42.6 Å². The highest BCUT2D eigenvalue weighted by molar-refractivity contribution is 7.66. The number of imidazole rings is 2. The normalized spacial score (nSPS) is 23.9. The number of nitrogens with zero attached hydrogens (tertiary/aromatic N) is 6. The molecule has 276 valence electrons. The van der Waals surface area contributed by atoms with Crippen molar-refractivity contribution in [3.63, 3.8) is 0 Å². The van der Waals surface area contributed by atoms with Crippen molar-refractivity contribution in [2.24, 2.45) is 7.05 Å². The number of nitrogens with two attached hydrogens (primary N) is 2. The molecule has 0 radical (unpaired) electrons. The SMILES string of the molecule is Cn1c[n+](COC(CO)COP(=O)(O)OP(=O)(O)OP(=O)(O)OCC2OC(n3cnc4c(=O)[nH]c(N)nc43)C(O)C2O)c2nc(N)[nH]c(=O)c21. The molecule has 30 heteroatoms. The summed E-state index contributed by atoms with van der Waals surface area (Å²) in [7, 11) is -15.6. The molecule has 5 heterocycles. The Hall–Kier alpha value is -3.49. The lowest BCUT2D eigenvalue weighted by Gasteiger charge is -2.21. The van der Waals surface area contributed by atoms with E-state index in [9.17, 15) is 53.3 Å². The van der Waals surface area contributed by atoms with Crippen LogP contribution in [0.5, 0.6) is 0 Å². The Labute approximate surface area is 276 Å². The molecule has 27 nitrogen and oxygen atoms in total. The lowest BCUT2D eigenvalue weighted by Crippen LogP contribution is -2.38. The number of nitrogens with one attached hydrogen (secondary N) is 2. The summed E-state index contributed by atoms with van der Waals surface area (Å²) in [5, 5.41) is 30.5. The molecular weight excluding hydrogens is 745 g/mol. The minimum absolute atomic E-state index is 0.0917. The number of hydrogen-bond acceptors (Lipinski definition) is 19. The summed E-state index contributed by atoms with van der Waals surface area (Å²) < 4.78 is 68.9. The number of phosphoric ester groups is 2. The zero-order chi connectivity index (χ0) is 36.8. The molecule has 0 bridgehead atoms. The number of H-pyrrole nitrogens is 2. The first-order valence-electron chi connectivity index (χ1n) is 13.7. The van der Waals surface area contributed by atoms with Crippen LogP contribution in [0.2, 0.25) is 0 Å². The van der Waals surface area contributed by atoms with Gasteiger partial charge >= 0.3 is 29.1 Å². The predicted molar refractivity (Wildman–Crippen MR) is 160 cm³/mol. The van der Waals surface area contributed by atoms with Crippen LogP contribution in [0, 0.1) is 0 Å². The summed E-state index contributed by atoms with van der Waals surface area (Å²) in [4.78, 5) is 70.2. The highest BCUT2D eigenvalue weighted by Gasteiger charge is 2.47. The number of aliphatic hydroxyl groups is 3. The van der Waals surface area contributed by atoms with E-state index < -0.39 is 91.8 Å². The summed E-state index contributed by atoms with van der Waals surface area (Å²) in [6, 6.07) is 0. The molecule has 4 aromatic rings. The van der Waals surface area contributed by atoms with Crippen LogP contribution in [0.3, 0.4) is 0 Å². The van der Waals surface area contributed by atoms with Crippen molar-refractivity contribution in [3.8, 4) is 0 Å². The smallest absolute Gasteiger partial charge is 0.394 e. The van der Waals surface area contributed by atoms with Crippen molar-refractivity contribution in [1.29, 1.82) is 0 Å². The molecule has 1 aliphatic rings. The van der Waals surface area contributed by atoms with Crippen molar-refractivity contribution in [3.05, 3.63) is 33.4 Å². The molecular formula is C20H30N10O17P3+. The maximum Gasteiger partial charge on any atom is 0.490 e. The Morgan fingerprint density at radius 2 is 1.64 bits per heavy atom. The van der Waals surface area contributed by atoms with Crippen molar-refractivity contribution in [2.75, 3.05) is 31.3 Å². The number of aryl methyl sites for hydroxylation is 1. The molecule has 5 rings (SSSR count). The summed E-state index contributed by atoms with van der Waals surface area (Å²) >= 11 is 0. The highest BCUT2D eigenvalue weighted by atomic mass is 31.3. The van der Waals surface area contributed by atoms with Gasteiger partial charge in [0.05, 0.1) is 33.2 Å². The van der Waals surface area contributed by atoms with Gasteiger partial charge in [-0.15, -0.1) is 0 Å². The fourth-order valence-electron chi connectivity index (χ4n) is 4.64. The van der Waals surface area contributed by atoms with Gasteiger partial charge in [-0.25, -0.2) is 23.2 Å². The Morgan fingerprint density at radius 3 is 2.32 bits per heavy atom. The lowest BCUT2D eigenvalue weighted by molar-refractivity contribution is -0.714. The number of fused-ring (bicyclic) bond motifs is 2. The summed E-state index contributed by atoms with van der Waals surface area (Å²) in [6.45, 7) is -3.23. The predicted octanol–water partition coefficient (Wildman–Crippen LogP) is -3.83. The van der Waals surface area contributed by atoms with Crippen LogP contribution < -0.4 is 27.2 Å². The van der Waals surface area contributed by atoms with Crippen LogP contribution in [0.25, 0.3) is 22.3 Å². The van der Waals surface area contributed by atoms with Crippen LogP contribution in [-0.4, -0.2) is 108 Å². The molecule has 50 heavy (non-hydrogen) atoms. The van der Waals surface area contributed by atoms with Gasteiger partial charge in [0.2, 0.25) is 11.5 Å². The maximum absolute atomic E-state index is 12.4. The van der Waals surface area contributed by atoms with Crippen LogP contribution >= 0.6 is 23.5 Å². The van der Waals surface area contributed by atoms with Gasteiger partial charge in [-0.2, -0.15) is 13.6 Å². The topological polar surface area (TPSA) is 398 Å². The molecule has 0 aromatic carbocycles. The first-order valence-corrected chi connectivity index (χ1v) is 18.2. The van der Waals surface area contributed by atoms with Crippen LogP contribution in [0.4, 0.5) is 11.9 Å². The van der Waals surface area contributed by atoms with Crippen molar-refractivity contribution in [2.45, 2.75) is 37.4 Å². The Morgan fingerprint density at radius 1 is 1.00 bits per heavy atom. The molecule has 8 unspecified atom stereocenters. The van der Waals surface area contributed by atoms with Crippen LogP contribution in [-0.2, 0) is 54.6 Å². The zero-order valence-corrected chi connectivity index (χ0v) is 27.9. The maximum atomic E-state index is 12.4. The minimum atomic E-state index is -5.94.